The van der Waals surface area contributed by atoms with E-state index in [1.807, 2.05) is 25.1 Å². The molecule has 0 aliphatic heterocycles. The van der Waals surface area contributed by atoms with Gasteiger partial charge in [0, 0.05) is 12.1 Å². The highest BCUT2D eigenvalue weighted by atomic mass is 35.5. The normalized spacial score (nSPS) is 11.6. The second-order valence-corrected chi connectivity index (χ2v) is 5.39. The molecule has 0 saturated carbocycles. The van der Waals surface area contributed by atoms with Crippen molar-refractivity contribution in [2.45, 2.75) is 20.0 Å². The number of non-ortho nitro benzene ring substituents is 1. The fraction of sp³-hybridized carbons (Fsp3) is 0.188. The third kappa shape index (κ3) is 4.43. The number of nitrogens with one attached hydrogen (secondary N) is 1. The average Bonchev–Trinajstić information content (AvgIpc) is 2.49. The molecule has 0 aromatic heterocycles. The molecule has 1 atom stereocenters. The van der Waals surface area contributed by atoms with Gasteiger partial charge in [-0.1, -0.05) is 23.7 Å². The predicted molar refractivity (Wildman–Crippen MR) is 88.0 cm³/mol. The third-order valence-electron chi connectivity index (χ3n) is 3.09. The summed E-state index contributed by atoms with van der Waals surface area (Å²) in [4.78, 5) is 22.4. The lowest BCUT2D eigenvalue weighted by Crippen LogP contribution is -2.30. The summed E-state index contributed by atoms with van der Waals surface area (Å²) in [6, 6.07) is 11.1. The van der Waals surface area contributed by atoms with E-state index in [-0.39, 0.29) is 16.4 Å². The van der Waals surface area contributed by atoms with Crippen LogP contribution in [0, 0.1) is 17.0 Å². The molecular weight excluding hydrogens is 320 g/mol. The molecule has 0 bridgehead atoms. The number of halogens is 1. The molecule has 0 spiro atoms. The van der Waals surface area contributed by atoms with Crippen LogP contribution in [0.3, 0.4) is 0 Å². The summed E-state index contributed by atoms with van der Waals surface area (Å²) in [7, 11) is 0. The molecule has 0 heterocycles. The van der Waals surface area contributed by atoms with E-state index in [0.29, 0.717) is 5.75 Å². The molecule has 0 aliphatic rings. The molecule has 120 valence electrons. The van der Waals surface area contributed by atoms with Crippen LogP contribution in [0.15, 0.2) is 42.5 Å². The molecule has 0 aliphatic carbocycles. The molecule has 0 unspecified atom stereocenters. The number of carbonyl (C=O) groups excluding carboxylic acids is 1. The van der Waals surface area contributed by atoms with Crippen molar-refractivity contribution in [3.63, 3.8) is 0 Å². The van der Waals surface area contributed by atoms with Gasteiger partial charge in [-0.3, -0.25) is 14.9 Å². The van der Waals surface area contributed by atoms with Crippen LogP contribution in [0.2, 0.25) is 5.02 Å². The molecule has 23 heavy (non-hydrogen) atoms. The Morgan fingerprint density at radius 2 is 2.04 bits per heavy atom. The van der Waals surface area contributed by atoms with E-state index in [0.717, 1.165) is 5.56 Å². The van der Waals surface area contributed by atoms with E-state index in [9.17, 15) is 14.9 Å². The monoisotopic (exact) mass is 334 g/mol. The number of nitrogens with zero attached hydrogens (tertiary/aromatic N) is 1. The summed E-state index contributed by atoms with van der Waals surface area (Å²) < 4.78 is 5.56. The van der Waals surface area contributed by atoms with Crippen LogP contribution in [-0.4, -0.2) is 16.9 Å². The average molecular weight is 335 g/mol. The molecule has 7 heteroatoms. The molecule has 1 N–H and O–H groups in total. The predicted octanol–water partition coefficient (Wildman–Crippen LogP) is 3.96. The standard InChI is InChI=1S/C16H15ClN2O4/c1-10-4-3-5-13(8-10)23-11(2)16(20)18-15-9-12(19(21)22)6-7-14(15)17/h3-9,11H,1-2H3,(H,18,20)/t11-/m0/s1. The van der Waals surface area contributed by atoms with Gasteiger partial charge in [-0.2, -0.15) is 0 Å². The second kappa shape index (κ2) is 7.11. The lowest BCUT2D eigenvalue weighted by atomic mass is 10.2. The lowest BCUT2D eigenvalue weighted by Gasteiger charge is -2.15. The highest BCUT2D eigenvalue weighted by Gasteiger charge is 2.18. The maximum Gasteiger partial charge on any atom is 0.271 e. The minimum Gasteiger partial charge on any atom is -0.481 e. The first-order valence-corrected chi connectivity index (χ1v) is 7.23. The van der Waals surface area contributed by atoms with Crippen molar-refractivity contribution in [1.82, 2.24) is 0 Å². The zero-order chi connectivity index (χ0) is 17.0. The lowest BCUT2D eigenvalue weighted by molar-refractivity contribution is -0.384. The molecule has 0 saturated heterocycles. The molecule has 2 aromatic rings. The molecule has 1 amide bonds. The van der Waals surface area contributed by atoms with Crippen molar-refractivity contribution in [2.75, 3.05) is 5.32 Å². The van der Waals surface area contributed by atoms with Gasteiger partial charge in [-0.25, -0.2) is 0 Å². The summed E-state index contributed by atoms with van der Waals surface area (Å²) in [6.45, 7) is 3.50. The fourth-order valence-electron chi connectivity index (χ4n) is 1.90. The Kier molecular flexibility index (Phi) is 5.18. The topological polar surface area (TPSA) is 81.5 Å². The third-order valence-corrected chi connectivity index (χ3v) is 3.42. The number of benzene rings is 2. The number of aryl methyl sites for hydroxylation is 1. The van der Waals surface area contributed by atoms with Crippen LogP contribution >= 0.6 is 11.6 Å². The minimum atomic E-state index is -0.785. The first kappa shape index (κ1) is 16.8. The van der Waals surface area contributed by atoms with Crippen molar-refractivity contribution in [3.8, 4) is 5.75 Å². The van der Waals surface area contributed by atoms with E-state index in [2.05, 4.69) is 5.32 Å². The first-order chi connectivity index (χ1) is 10.9. The van der Waals surface area contributed by atoms with Gasteiger partial charge < -0.3 is 10.1 Å². The SMILES string of the molecule is Cc1cccc(O[C@@H](C)C(=O)Nc2cc([N+](=O)[O-])ccc2Cl)c1. The van der Waals surface area contributed by atoms with Gasteiger partial charge in [0.2, 0.25) is 0 Å². The van der Waals surface area contributed by atoms with Crippen molar-refractivity contribution in [1.29, 1.82) is 0 Å². The van der Waals surface area contributed by atoms with Crippen LogP contribution in [0.4, 0.5) is 11.4 Å². The number of amides is 1. The number of anilines is 1. The zero-order valence-electron chi connectivity index (χ0n) is 12.6. The highest BCUT2D eigenvalue weighted by Crippen LogP contribution is 2.27. The van der Waals surface area contributed by atoms with Gasteiger partial charge >= 0.3 is 0 Å². The molecule has 0 radical (unpaired) electrons. The number of rotatable bonds is 5. The van der Waals surface area contributed by atoms with Crippen LogP contribution in [0.1, 0.15) is 12.5 Å². The highest BCUT2D eigenvalue weighted by molar-refractivity contribution is 6.33. The van der Waals surface area contributed by atoms with Gasteiger partial charge in [0.15, 0.2) is 6.10 Å². The molecule has 0 fully saturated rings. The zero-order valence-corrected chi connectivity index (χ0v) is 13.3. The van der Waals surface area contributed by atoms with Crippen LogP contribution < -0.4 is 10.1 Å². The number of hydrogen-bond acceptors (Lipinski definition) is 4. The number of hydrogen-bond donors (Lipinski definition) is 1. The Balaban J connectivity index is 2.09. The smallest absolute Gasteiger partial charge is 0.271 e. The van der Waals surface area contributed by atoms with Gasteiger partial charge in [-0.05, 0) is 37.6 Å². The molecule has 2 aromatic carbocycles. The quantitative estimate of drug-likeness (QED) is 0.662. The van der Waals surface area contributed by atoms with E-state index < -0.39 is 16.9 Å². The number of ether oxygens (including phenoxy) is 1. The van der Waals surface area contributed by atoms with E-state index >= 15 is 0 Å². The molecular formula is C16H15ClN2O4. The van der Waals surface area contributed by atoms with E-state index in [4.69, 9.17) is 16.3 Å². The molecule has 6 nitrogen and oxygen atoms in total. The van der Waals surface area contributed by atoms with Gasteiger partial charge in [0.25, 0.3) is 11.6 Å². The molecule has 2 rings (SSSR count). The summed E-state index contributed by atoms with van der Waals surface area (Å²) in [5.74, 6) is 0.117. The summed E-state index contributed by atoms with van der Waals surface area (Å²) in [5.41, 5.74) is 1.03. The van der Waals surface area contributed by atoms with Gasteiger partial charge in [0.1, 0.15) is 5.75 Å². The van der Waals surface area contributed by atoms with Crippen LogP contribution in [0.25, 0.3) is 0 Å². The largest absolute Gasteiger partial charge is 0.481 e. The number of nitro groups is 1. The maximum atomic E-state index is 12.2. The van der Waals surface area contributed by atoms with Crippen molar-refractivity contribution < 1.29 is 14.5 Å². The van der Waals surface area contributed by atoms with E-state index in [1.54, 1.807) is 13.0 Å². The number of nitro benzene ring substituents is 1. The Morgan fingerprint density at radius 1 is 1.30 bits per heavy atom. The minimum absolute atomic E-state index is 0.156. The van der Waals surface area contributed by atoms with Crippen LogP contribution in [0.5, 0.6) is 5.75 Å². The Labute approximate surface area is 138 Å². The Bertz CT molecular complexity index is 749. The first-order valence-electron chi connectivity index (χ1n) is 6.85. The van der Waals surface area contributed by atoms with Gasteiger partial charge in [-0.15, -0.1) is 0 Å². The summed E-state index contributed by atoms with van der Waals surface area (Å²) >= 11 is 5.95. The van der Waals surface area contributed by atoms with Crippen LogP contribution in [-0.2, 0) is 4.79 Å². The second-order valence-electron chi connectivity index (χ2n) is 4.99. The number of carbonyl (C=O) groups is 1. The maximum absolute atomic E-state index is 12.2. The summed E-state index contributed by atoms with van der Waals surface area (Å²) in [6.07, 6.45) is -0.785. The van der Waals surface area contributed by atoms with Gasteiger partial charge in [0.05, 0.1) is 15.6 Å². The van der Waals surface area contributed by atoms with Crippen molar-refractivity contribution in [3.05, 3.63) is 63.2 Å². The van der Waals surface area contributed by atoms with E-state index in [1.165, 1.54) is 18.2 Å². The van der Waals surface area contributed by atoms with Crippen molar-refractivity contribution in [2.24, 2.45) is 0 Å². The fourth-order valence-corrected chi connectivity index (χ4v) is 2.07. The Morgan fingerprint density at radius 3 is 2.70 bits per heavy atom. The van der Waals surface area contributed by atoms with Crippen molar-refractivity contribution >= 4 is 28.9 Å². The summed E-state index contributed by atoms with van der Waals surface area (Å²) in [5, 5.41) is 13.5. The Hall–Kier alpha value is -2.60.